The molecule has 3 aliphatic heterocycles. The fourth-order valence-electron chi connectivity index (χ4n) is 7.11. The van der Waals surface area contributed by atoms with Gasteiger partial charge in [0.25, 0.3) is 0 Å². The zero-order valence-electron chi connectivity index (χ0n) is 26.9. The molecule has 3 aliphatic rings. The second-order valence-corrected chi connectivity index (χ2v) is 13.3. The van der Waals surface area contributed by atoms with Gasteiger partial charge in [-0.05, 0) is 47.4 Å². The first-order valence-corrected chi connectivity index (χ1v) is 16.3. The predicted octanol–water partition coefficient (Wildman–Crippen LogP) is 6.21. The summed E-state index contributed by atoms with van der Waals surface area (Å²) in [5.41, 5.74) is 1.95. The molecule has 2 aromatic rings. The number of ether oxygens (including phenoxy) is 6. The highest BCUT2D eigenvalue weighted by molar-refractivity contribution is 5.70. The highest BCUT2D eigenvalue weighted by Gasteiger charge is 2.56. The third-order valence-corrected chi connectivity index (χ3v) is 9.63. The van der Waals surface area contributed by atoms with Crippen LogP contribution in [0.1, 0.15) is 77.3 Å². The van der Waals surface area contributed by atoms with Gasteiger partial charge in [0.1, 0.15) is 12.4 Å². The van der Waals surface area contributed by atoms with E-state index in [1.54, 1.807) is 7.11 Å². The Morgan fingerprint density at radius 3 is 2.41 bits per heavy atom. The first kappa shape index (κ1) is 32.9. The van der Waals surface area contributed by atoms with Crippen LogP contribution < -0.4 is 4.74 Å². The van der Waals surface area contributed by atoms with Gasteiger partial charge in [-0.2, -0.15) is 0 Å². The molecular formula is C36H50O8. The highest BCUT2D eigenvalue weighted by Crippen LogP contribution is 2.49. The Hall–Kier alpha value is -2.49. The van der Waals surface area contributed by atoms with Crippen LogP contribution in [0.15, 0.2) is 54.6 Å². The van der Waals surface area contributed by atoms with Crippen molar-refractivity contribution in [3.63, 3.8) is 0 Å². The Morgan fingerprint density at radius 2 is 1.70 bits per heavy atom. The smallest absolute Gasteiger partial charge is 0.308 e. The minimum atomic E-state index is -0.857. The fourth-order valence-corrected chi connectivity index (χ4v) is 7.11. The van der Waals surface area contributed by atoms with Crippen molar-refractivity contribution in [3.05, 3.63) is 65.7 Å². The van der Waals surface area contributed by atoms with E-state index in [1.807, 2.05) is 54.6 Å². The van der Waals surface area contributed by atoms with Gasteiger partial charge in [-0.15, -0.1) is 0 Å². The van der Waals surface area contributed by atoms with Crippen LogP contribution in [0.3, 0.4) is 0 Å². The summed E-state index contributed by atoms with van der Waals surface area (Å²) in [6, 6.07) is 17.5. The number of hydrogen-bond donors (Lipinski definition) is 1. The molecule has 0 aromatic heterocycles. The van der Waals surface area contributed by atoms with Gasteiger partial charge in [0.15, 0.2) is 5.79 Å². The minimum Gasteiger partial charge on any atom is -0.497 e. The van der Waals surface area contributed by atoms with E-state index in [0.29, 0.717) is 38.2 Å². The van der Waals surface area contributed by atoms with Gasteiger partial charge in [0.05, 0.1) is 56.8 Å². The lowest BCUT2D eigenvalue weighted by atomic mass is 9.79. The number of methoxy groups -OCH3 is 1. The Morgan fingerprint density at radius 1 is 1.00 bits per heavy atom. The van der Waals surface area contributed by atoms with Crippen molar-refractivity contribution in [2.75, 3.05) is 7.11 Å². The number of esters is 1. The first-order chi connectivity index (χ1) is 21.2. The van der Waals surface area contributed by atoms with Crippen molar-refractivity contribution in [2.45, 2.75) is 122 Å². The van der Waals surface area contributed by atoms with E-state index in [9.17, 15) is 9.90 Å². The van der Waals surface area contributed by atoms with Gasteiger partial charge in [-0.25, -0.2) is 0 Å². The second kappa shape index (κ2) is 14.7. The van der Waals surface area contributed by atoms with Gasteiger partial charge >= 0.3 is 5.97 Å². The molecule has 5 rings (SSSR count). The van der Waals surface area contributed by atoms with Gasteiger partial charge in [0, 0.05) is 19.3 Å². The number of benzene rings is 2. The van der Waals surface area contributed by atoms with Crippen LogP contribution in [0.2, 0.25) is 0 Å². The maximum Gasteiger partial charge on any atom is 0.308 e. The summed E-state index contributed by atoms with van der Waals surface area (Å²) >= 11 is 0. The first-order valence-electron chi connectivity index (χ1n) is 16.3. The molecule has 8 heteroatoms. The topological polar surface area (TPSA) is 92.7 Å². The van der Waals surface area contributed by atoms with Crippen LogP contribution >= 0.6 is 0 Å². The third-order valence-electron chi connectivity index (χ3n) is 9.63. The second-order valence-electron chi connectivity index (χ2n) is 13.3. The van der Waals surface area contributed by atoms with Crippen LogP contribution in [0, 0.1) is 17.8 Å². The molecule has 242 valence electrons. The molecular weight excluding hydrogens is 560 g/mol. The van der Waals surface area contributed by atoms with Crippen molar-refractivity contribution in [1.29, 1.82) is 0 Å². The van der Waals surface area contributed by atoms with Gasteiger partial charge in [0.2, 0.25) is 0 Å². The van der Waals surface area contributed by atoms with Crippen molar-refractivity contribution in [2.24, 2.45) is 17.8 Å². The molecule has 3 fully saturated rings. The van der Waals surface area contributed by atoms with E-state index in [1.165, 1.54) is 0 Å². The van der Waals surface area contributed by atoms with Crippen molar-refractivity contribution in [1.82, 2.24) is 0 Å². The molecule has 0 aliphatic carbocycles. The predicted molar refractivity (Wildman–Crippen MR) is 166 cm³/mol. The SMILES string of the molecule is CC[C@H](C)C[C@H](O)[C@@H]1C[C@@H]2O[C@]3(C[C@H](C)[C@H](OCc4ccc(OC)cc4)[C@H](CC(=O)OCc4ccccc4)O3)C[C@H](C)[C@@H]2O1. The molecule has 8 nitrogen and oxygen atoms in total. The van der Waals surface area contributed by atoms with Crippen molar-refractivity contribution in [3.8, 4) is 5.75 Å². The van der Waals surface area contributed by atoms with Crippen LogP contribution in [-0.2, 0) is 41.7 Å². The van der Waals surface area contributed by atoms with Crippen LogP contribution in [0.4, 0.5) is 0 Å². The number of aliphatic hydroxyl groups is 1. The molecule has 3 saturated heterocycles. The number of rotatable bonds is 12. The average Bonchev–Trinajstić information content (AvgIpc) is 3.45. The maximum atomic E-state index is 13.2. The summed E-state index contributed by atoms with van der Waals surface area (Å²) in [6.45, 7) is 9.22. The van der Waals surface area contributed by atoms with E-state index >= 15 is 0 Å². The Labute approximate surface area is 262 Å². The summed E-state index contributed by atoms with van der Waals surface area (Å²) in [4.78, 5) is 13.2. The number of fused-ring (bicyclic) bond motifs is 1. The minimum absolute atomic E-state index is 0.0603. The molecule has 10 atom stereocenters. The Bertz CT molecular complexity index is 1190. The molecule has 0 unspecified atom stereocenters. The van der Waals surface area contributed by atoms with Crippen LogP contribution in [0.25, 0.3) is 0 Å². The molecule has 2 aromatic carbocycles. The molecule has 44 heavy (non-hydrogen) atoms. The number of aliphatic hydroxyl groups excluding tert-OH is 1. The van der Waals surface area contributed by atoms with Crippen LogP contribution in [-0.4, -0.2) is 60.6 Å². The lowest BCUT2D eigenvalue weighted by Gasteiger charge is -2.52. The van der Waals surface area contributed by atoms with Gasteiger partial charge in [-0.1, -0.05) is 76.6 Å². The van der Waals surface area contributed by atoms with Crippen molar-refractivity contribution < 1.29 is 38.3 Å². The standard InChI is InChI=1S/C36H50O8/c1-6-23(2)16-29(37)30-17-31-35(42-30)25(4)20-36(43-31)19-24(3)34(41-22-27-12-14-28(39-5)15-13-27)32(44-36)18-33(38)40-21-26-10-8-7-9-11-26/h7-15,23-25,29-32,34-35,37H,6,16-22H2,1-5H3/t23-,24-,25-,29-,30-,31-,32-,34-,35-,36-/m0/s1. The molecule has 0 bridgehead atoms. The maximum absolute atomic E-state index is 13.2. The third kappa shape index (κ3) is 8.01. The fraction of sp³-hybridized carbons (Fsp3) is 0.639. The van der Waals surface area contributed by atoms with E-state index < -0.39 is 18.0 Å². The molecule has 0 amide bonds. The monoisotopic (exact) mass is 610 g/mol. The van der Waals surface area contributed by atoms with Gasteiger partial charge in [-0.3, -0.25) is 4.79 Å². The Balaban J connectivity index is 1.29. The normalized spacial score (nSPS) is 33.0. The molecule has 1 spiro atoms. The molecule has 3 heterocycles. The van der Waals surface area contributed by atoms with E-state index in [4.69, 9.17) is 28.4 Å². The lowest BCUT2D eigenvalue weighted by Crippen LogP contribution is -2.59. The zero-order chi connectivity index (χ0) is 31.3. The summed E-state index contributed by atoms with van der Waals surface area (Å²) in [6.07, 6.45) is 1.82. The van der Waals surface area contributed by atoms with E-state index in [0.717, 1.165) is 23.3 Å². The van der Waals surface area contributed by atoms with Crippen LogP contribution in [0.5, 0.6) is 5.75 Å². The quantitative estimate of drug-likeness (QED) is 0.284. The number of hydrogen-bond acceptors (Lipinski definition) is 8. The summed E-state index contributed by atoms with van der Waals surface area (Å²) in [7, 11) is 1.65. The molecule has 0 saturated carbocycles. The largest absolute Gasteiger partial charge is 0.497 e. The molecule has 0 radical (unpaired) electrons. The van der Waals surface area contributed by atoms with Crippen molar-refractivity contribution >= 4 is 5.97 Å². The summed E-state index contributed by atoms with van der Waals surface area (Å²) in [5, 5.41) is 10.9. The summed E-state index contributed by atoms with van der Waals surface area (Å²) in [5.74, 6) is 0.262. The van der Waals surface area contributed by atoms with E-state index in [-0.39, 0.29) is 55.2 Å². The Kier molecular flexibility index (Phi) is 11.0. The van der Waals surface area contributed by atoms with E-state index in [2.05, 4.69) is 27.7 Å². The number of carbonyl (C=O) groups excluding carboxylic acids is 1. The average molecular weight is 611 g/mol. The molecule has 1 N–H and O–H groups in total. The van der Waals surface area contributed by atoms with Gasteiger partial charge < -0.3 is 33.5 Å². The number of carbonyl (C=O) groups is 1. The highest BCUT2D eigenvalue weighted by atomic mass is 16.7. The lowest BCUT2D eigenvalue weighted by molar-refractivity contribution is -0.356. The summed E-state index contributed by atoms with van der Waals surface area (Å²) < 4.78 is 37.5. The zero-order valence-corrected chi connectivity index (χ0v) is 26.9.